The van der Waals surface area contributed by atoms with Gasteiger partial charge in [0.25, 0.3) is 5.91 Å². The fourth-order valence-corrected chi connectivity index (χ4v) is 7.73. The molecule has 2 atom stereocenters. The van der Waals surface area contributed by atoms with Gasteiger partial charge in [0.2, 0.25) is 0 Å². The van der Waals surface area contributed by atoms with Crippen molar-refractivity contribution < 1.29 is 28.5 Å². The molecule has 0 aromatic rings. The van der Waals surface area contributed by atoms with Crippen molar-refractivity contribution in [3.8, 4) is 0 Å². The molecule has 0 spiro atoms. The Hall–Kier alpha value is -1.16. The van der Waals surface area contributed by atoms with Crippen LogP contribution >= 0.6 is 18.5 Å². The van der Waals surface area contributed by atoms with Gasteiger partial charge < -0.3 is 19.7 Å². The number of carbonyl (C=O) groups excluding carboxylic acids is 2. The number of esters is 1. The maximum atomic E-state index is 11.9. The molecule has 11 heteroatoms. The first-order chi connectivity index (χ1) is 14.7. The minimum atomic E-state index is -3.08. The van der Waals surface area contributed by atoms with E-state index in [1.807, 2.05) is 4.90 Å². The summed E-state index contributed by atoms with van der Waals surface area (Å²) in [7, 11) is -1.49. The number of carbonyl (C=O) groups is 2. The van der Waals surface area contributed by atoms with E-state index in [2.05, 4.69) is 17.0 Å². The number of hydrogen-bond donors (Lipinski definition) is 3. The van der Waals surface area contributed by atoms with E-state index in [4.69, 9.17) is 14.0 Å². The molecule has 0 saturated heterocycles. The summed E-state index contributed by atoms with van der Waals surface area (Å²) in [5, 5.41) is 5.87. The van der Waals surface area contributed by atoms with Crippen LogP contribution in [0.4, 0.5) is 0 Å². The van der Waals surface area contributed by atoms with Crippen LogP contribution < -0.4 is 10.4 Å². The van der Waals surface area contributed by atoms with Gasteiger partial charge in [-0.1, -0.05) is 19.4 Å². The number of methoxy groups -OCH3 is 1. The Kier molecular flexibility index (Phi) is 10.7. The summed E-state index contributed by atoms with van der Waals surface area (Å²) in [6.07, 6.45) is 7.54. The SMILES string of the molecule is C=C1NC(=O)C=CN1CCC(CO[P+](O)(NCC(=O)OC(C)C)SC1CCCC1)OC. The van der Waals surface area contributed by atoms with Crippen LogP contribution in [-0.4, -0.2) is 65.9 Å². The maximum Gasteiger partial charge on any atom is 0.410 e. The van der Waals surface area contributed by atoms with Crippen LogP contribution in [0.3, 0.4) is 0 Å². The summed E-state index contributed by atoms with van der Waals surface area (Å²) in [6.45, 7) is 8.02. The second-order valence-corrected chi connectivity index (χ2v) is 12.4. The molecular weight excluding hydrogens is 441 g/mol. The molecule has 1 heterocycles. The smallest absolute Gasteiger partial charge is 0.410 e. The Morgan fingerprint density at radius 3 is 2.77 bits per heavy atom. The molecule has 1 aliphatic heterocycles. The van der Waals surface area contributed by atoms with Crippen molar-refractivity contribution in [1.29, 1.82) is 0 Å². The molecule has 31 heavy (non-hydrogen) atoms. The molecule has 2 aliphatic rings. The lowest BCUT2D eigenvalue weighted by Gasteiger charge is -2.27. The lowest BCUT2D eigenvalue weighted by Crippen LogP contribution is -2.37. The third-order valence-electron chi connectivity index (χ3n) is 4.87. The van der Waals surface area contributed by atoms with Crippen LogP contribution in [0.25, 0.3) is 0 Å². The van der Waals surface area contributed by atoms with Crippen LogP contribution in [0.5, 0.6) is 0 Å². The first kappa shape index (κ1) is 26.1. The lowest BCUT2D eigenvalue weighted by molar-refractivity contribution is -0.145. The number of amides is 1. The van der Waals surface area contributed by atoms with Crippen LogP contribution in [0, 0.1) is 0 Å². The van der Waals surface area contributed by atoms with Gasteiger partial charge in [-0.25, -0.2) is 0 Å². The van der Waals surface area contributed by atoms with Crippen LogP contribution in [0.15, 0.2) is 24.7 Å². The van der Waals surface area contributed by atoms with Gasteiger partial charge in [0.05, 0.1) is 12.2 Å². The van der Waals surface area contributed by atoms with E-state index in [-0.39, 0.29) is 31.3 Å². The zero-order chi connectivity index (χ0) is 22.9. The van der Waals surface area contributed by atoms with Crippen molar-refractivity contribution in [2.45, 2.75) is 63.4 Å². The Labute approximate surface area is 189 Å². The van der Waals surface area contributed by atoms with Crippen molar-refractivity contribution >= 4 is 30.3 Å². The van der Waals surface area contributed by atoms with E-state index in [1.54, 1.807) is 27.2 Å². The molecule has 1 saturated carbocycles. The molecule has 176 valence electrons. The van der Waals surface area contributed by atoms with E-state index in [0.29, 0.717) is 24.0 Å². The van der Waals surface area contributed by atoms with Crippen LogP contribution in [0.2, 0.25) is 0 Å². The monoisotopic (exact) mass is 476 g/mol. The molecule has 1 aliphatic carbocycles. The van der Waals surface area contributed by atoms with Gasteiger partial charge in [0.1, 0.15) is 30.4 Å². The highest BCUT2D eigenvalue weighted by Gasteiger charge is 2.45. The van der Waals surface area contributed by atoms with E-state index in [0.717, 1.165) is 25.7 Å². The lowest BCUT2D eigenvalue weighted by atomic mass is 10.2. The fraction of sp³-hybridized carbons (Fsp3) is 0.700. The molecule has 1 amide bonds. The standard InChI is InChI=1S/C20H34N3O6PS/c1-15(2)29-20(25)13-21-30(26,31-18-7-5-6-8-18)28-14-17(27-4)9-11-23-12-10-19(24)22-16(23)3/h10,12,15,17-18,21,26H,3,5-9,11,13-14H2,1-2,4H3/p+1. The molecule has 2 rings (SSSR count). The summed E-state index contributed by atoms with van der Waals surface area (Å²) in [4.78, 5) is 36.3. The Morgan fingerprint density at radius 1 is 1.45 bits per heavy atom. The van der Waals surface area contributed by atoms with E-state index in [1.165, 1.54) is 17.5 Å². The Balaban J connectivity index is 1.89. The number of hydrogen-bond acceptors (Lipinski definition) is 9. The molecule has 1 fully saturated rings. The summed E-state index contributed by atoms with van der Waals surface area (Å²) in [5.74, 6) is -0.118. The van der Waals surface area contributed by atoms with E-state index < -0.39 is 13.0 Å². The largest absolute Gasteiger partial charge is 0.462 e. The first-order valence-corrected chi connectivity index (χ1v) is 13.7. The van der Waals surface area contributed by atoms with Crippen LogP contribution in [-0.2, 0) is 23.6 Å². The highest BCUT2D eigenvalue weighted by atomic mass is 32.7. The average molecular weight is 477 g/mol. The zero-order valence-corrected chi connectivity index (χ0v) is 20.3. The molecule has 0 aromatic carbocycles. The van der Waals surface area contributed by atoms with Crippen molar-refractivity contribution in [1.82, 2.24) is 15.3 Å². The van der Waals surface area contributed by atoms with E-state index in [9.17, 15) is 14.5 Å². The number of ether oxygens (including phenoxy) is 2. The molecule has 9 nitrogen and oxygen atoms in total. The normalized spacial score (nSPS) is 20.1. The summed E-state index contributed by atoms with van der Waals surface area (Å²) >= 11 is 1.40. The zero-order valence-electron chi connectivity index (χ0n) is 18.5. The van der Waals surface area contributed by atoms with Crippen molar-refractivity contribution in [2.75, 3.05) is 26.8 Å². The van der Waals surface area contributed by atoms with Gasteiger partial charge in [-0.05, 0) is 33.1 Å². The number of rotatable bonds is 13. The second kappa shape index (κ2) is 12.8. The molecule has 0 bridgehead atoms. The van der Waals surface area contributed by atoms with Crippen molar-refractivity contribution in [3.05, 3.63) is 24.7 Å². The van der Waals surface area contributed by atoms with Gasteiger partial charge >= 0.3 is 13.0 Å². The third kappa shape index (κ3) is 9.47. The van der Waals surface area contributed by atoms with Gasteiger partial charge in [-0.15, -0.1) is 5.09 Å². The van der Waals surface area contributed by atoms with Gasteiger partial charge in [-0.2, -0.15) is 9.42 Å². The number of nitrogens with zero attached hydrogens (tertiary/aromatic N) is 1. The van der Waals surface area contributed by atoms with E-state index >= 15 is 0 Å². The third-order valence-corrected chi connectivity index (χ3v) is 9.43. The average Bonchev–Trinajstić information content (AvgIpc) is 3.20. The minimum Gasteiger partial charge on any atom is -0.462 e. The fourth-order valence-electron chi connectivity index (χ4n) is 3.23. The molecule has 2 unspecified atom stereocenters. The molecule has 3 N–H and O–H groups in total. The van der Waals surface area contributed by atoms with Crippen molar-refractivity contribution in [2.24, 2.45) is 0 Å². The van der Waals surface area contributed by atoms with Gasteiger partial charge in [0.15, 0.2) is 0 Å². The molecule has 0 radical (unpaired) electrons. The molecule has 0 aromatic heterocycles. The van der Waals surface area contributed by atoms with Gasteiger partial charge in [0, 0.05) is 31.2 Å². The summed E-state index contributed by atoms with van der Waals surface area (Å²) < 4.78 is 16.6. The van der Waals surface area contributed by atoms with Crippen molar-refractivity contribution in [3.63, 3.8) is 0 Å². The quantitative estimate of drug-likeness (QED) is 0.273. The number of nitrogens with one attached hydrogen (secondary N) is 2. The topological polar surface area (TPSA) is 109 Å². The first-order valence-electron chi connectivity index (χ1n) is 10.6. The Bertz CT molecular complexity index is 659. The highest BCUT2D eigenvalue weighted by Crippen LogP contribution is 2.67. The maximum absolute atomic E-state index is 11.9. The second-order valence-electron chi connectivity index (χ2n) is 7.79. The van der Waals surface area contributed by atoms with Crippen LogP contribution in [0.1, 0.15) is 46.0 Å². The van der Waals surface area contributed by atoms with Gasteiger partial charge in [-0.3, -0.25) is 9.59 Å². The Morgan fingerprint density at radius 2 is 2.16 bits per heavy atom. The molecular formula is C20H35N3O6PS+. The predicted octanol–water partition coefficient (Wildman–Crippen LogP) is 2.71. The summed E-state index contributed by atoms with van der Waals surface area (Å²) in [6, 6.07) is 0. The predicted molar refractivity (Wildman–Crippen MR) is 123 cm³/mol. The highest BCUT2D eigenvalue weighted by molar-refractivity contribution is 8.58. The minimum absolute atomic E-state index is 0.113. The summed E-state index contributed by atoms with van der Waals surface area (Å²) in [5.41, 5.74) is 0.